The molecular weight excluding hydrogens is 364 g/mol. The van der Waals surface area contributed by atoms with Crippen LogP contribution in [0.3, 0.4) is 0 Å². The number of ether oxygens (including phenoxy) is 1. The van der Waals surface area contributed by atoms with Crippen molar-refractivity contribution in [1.29, 1.82) is 0 Å². The van der Waals surface area contributed by atoms with E-state index in [1.165, 1.54) is 5.56 Å². The lowest BCUT2D eigenvalue weighted by atomic mass is 10.1. The fourth-order valence-electron chi connectivity index (χ4n) is 3.65. The Kier molecular flexibility index (Phi) is 6.18. The second-order valence-electron chi connectivity index (χ2n) is 6.92. The molecule has 1 aromatic heterocycles. The molecule has 2 aromatic rings. The van der Waals surface area contributed by atoms with E-state index in [0.717, 1.165) is 38.2 Å². The minimum absolute atomic E-state index is 0.326. The van der Waals surface area contributed by atoms with Gasteiger partial charge in [-0.25, -0.2) is 8.42 Å². The van der Waals surface area contributed by atoms with Crippen molar-refractivity contribution >= 4 is 10.0 Å². The number of piperazine rings is 1. The Labute approximate surface area is 161 Å². The SMILES string of the molecule is COc1ccccc1CCCN1CCN(S(=O)(=O)c2c(C)n[nH]c2C)CC1. The minimum atomic E-state index is -3.48. The van der Waals surface area contributed by atoms with Gasteiger partial charge in [0.05, 0.1) is 18.5 Å². The molecule has 1 fully saturated rings. The highest BCUT2D eigenvalue weighted by atomic mass is 32.2. The first kappa shape index (κ1) is 19.9. The van der Waals surface area contributed by atoms with Crippen molar-refractivity contribution in [3.05, 3.63) is 41.2 Å². The summed E-state index contributed by atoms with van der Waals surface area (Å²) in [5.74, 6) is 0.930. The quantitative estimate of drug-likeness (QED) is 0.779. The van der Waals surface area contributed by atoms with Gasteiger partial charge >= 0.3 is 0 Å². The first-order valence-corrected chi connectivity index (χ1v) is 10.7. The van der Waals surface area contributed by atoms with Gasteiger partial charge in [0.2, 0.25) is 10.0 Å². The van der Waals surface area contributed by atoms with E-state index in [-0.39, 0.29) is 0 Å². The Morgan fingerprint density at radius 2 is 1.85 bits per heavy atom. The Morgan fingerprint density at radius 3 is 2.48 bits per heavy atom. The summed E-state index contributed by atoms with van der Waals surface area (Å²) in [6.07, 6.45) is 1.98. The van der Waals surface area contributed by atoms with Crippen LogP contribution in [0.4, 0.5) is 0 Å². The molecule has 0 bridgehead atoms. The molecule has 1 saturated heterocycles. The molecule has 0 amide bonds. The van der Waals surface area contributed by atoms with Crippen molar-refractivity contribution in [2.75, 3.05) is 39.8 Å². The molecule has 1 N–H and O–H groups in total. The smallest absolute Gasteiger partial charge is 0.246 e. The molecule has 0 aliphatic carbocycles. The van der Waals surface area contributed by atoms with Crippen molar-refractivity contribution in [2.45, 2.75) is 31.6 Å². The van der Waals surface area contributed by atoms with E-state index >= 15 is 0 Å². The molecular formula is C19H28N4O3S. The molecule has 3 rings (SSSR count). The Morgan fingerprint density at radius 1 is 1.15 bits per heavy atom. The monoisotopic (exact) mass is 392 g/mol. The largest absolute Gasteiger partial charge is 0.496 e. The summed E-state index contributed by atoms with van der Waals surface area (Å²) in [5, 5.41) is 6.79. The maximum Gasteiger partial charge on any atom is 0.246 e. The van der Waals surface area contributed by atoms with Gasteiger partial charge in [-0.15, -0.1) is 0 Å². The first-order chi connectivity index (χ1) is 12.9. The summed E-state index contributed by atoms with van der Waals surface area (Å²) in [6.45, 7) is 6.96. The van der Waals surface area contributed by atoms with Crippen LogP contribution in [0.2, 0.25) is 0 Å². The van der Waals surface area contributed by atoms with Gasteiger partial charge in [0.1, 0.15) is 10.6 Å². The average molecular weight is 393 g/mol. The number of aromatic nitrogens is 2. The topological polar surface area (TPSA) is 78.5 Å². The van der Waals surface area contributed by atoms with Crippen LogP contribution in [-0.2, 0) is 16.4 Å². The van der Waals surface area contributed by atoms with Crippen LogP contribution in [0.1, 0.15) is 23.4 Å². The van der Waals surface area contributed by atoms with Crippen LogP contribution in [0.15, 0.2) is 29.2 Å². The number of nitrogens with zero attached hydrogens (tertiary/aromatic N) is 3. The van der Waals surface area contributed by atoms with E-state index < -0.39 is 10.0 Å². The summed E-state index contributed by atoms with van der Waals surface area (Å²) in [6, 6.07) is 8.09. The van der Waals surface area contributed by atoms with Gasteiger partial charge in [-0.2, -0.15) is 9.40 Å². The van der Waals surface area contributed by atoms with E-state index in [2.05, 4.69) is 21.2 Å². The standard InChI is InChI=1S/C19H28N4O3S/c1-15-19(16(2)21-20-15)27(24,25)23-13-11-22(12-14-23)10-6-8-17-7-4-5-9-18(17)26-3/h4-5,7,9H,6,8,10-14H2,1-3H3,(H,20,21). The van der Waals surface area contributed by atoms with Crippen molar-refractivity contribution in [3.8, 4) is 5.75 Å². The number of H-pyrrole nitrogens is 1. The third-order valence-corrected chi connectivity index (χ3v) is 7.27. The number of hydrogen-bond acceptors (Lipinski definition) is 5. The molecule has 1 aliphatic rings. The number of rotatable bonds is 7. The van der Waals surface area contributed by atoms with Gasteiger partial charge in [0.15, 0.2) is 0 Å². The third-order valence-electron chi connectivity index (χ3n) is 5.10. The third kappa shape index (κ3) is 4.34. The molecule has 27 heavy (non-hydrogen) atoms. The van der Waals surface area contributed by atoms with Crippen molar-refractivity contribution in [3.63, 3.8) is 0 Å². The highest BCUT2D eigenvalue weighted by molar-refractivity contribution is 7.89. The van der Waals surface area contributed by atoms with Crippen LogP contribution in [-0.4, -0.2) is 67.7 Å². The summed E-state index contributed by atoms with van der Waals surface area (Å²) in [7, 11) is -1.78. The molecule has 0 atom stereocenters. The van der Waals surface area contributed by atoms with Crippen LogP contribution in [0, 0.1) is 13.8 Å². The molecule has 2 heterocycles. The van der Waals surface area contributed by atoms with E-state index in [4.69, 9.17) is 4.74 Å². The zero-order valence-electron chi connectivity index (χ0n) is 16.2. The fourth-order valence-corrected chi connectivity index (χ4v) is 5.40. The Balaban J connectivity index is 1.52. The zero-order chi connectivity index (χ0) is 19.4. The molecule has 1 aromatic carbocycles. The van der Waals surface area contributed by atoms with Gasteiger partial charge < -0.3 is 9.64 Å². The maximum absolute atomic E-state index is 12.9. The van der Waals surface area contributed by atoms with Gasteiger partial charge in [-0.1, -0.05) is 18.2 Å². The van der Waals surface area contributed by atoms with Crippen LogP contribution >= 0.6 is 0 Å². The van der Waals surface area contributed by atoms with Crippen molar-refractivity contribution in [2.24, 2.45) is 0 Å². The second-order valence-corrected chi connectivity index (χ2v) is 8.80. The zero-order valence-corrected chi connectivity index (χ0v) is 17.1. The summed E-state index contributed by atoms with van der Waals surface area (Å²) < 4.78 is 32.8. The van der Waals surface area contributed by atoms with Gasteiger partial charge in [-0.3, -0.25) is 5.10 Å². The molecule has 1 aliphatic heterocycles. The van der Waals surface area contributed by atoms with E-state index in [9.17, 15) is 8.42 Å². The lowest BCUT2D eigenvalue weighted by Crippen LogP contribution is -2.48. The van der Waals surface area contributed by atoms with Gasteiger partial charge in [-0.05, 0) is 44.9 Å². The number of nitrogens with one attached hydrogen (secondary N) is 1. The predicted molar refractivity (Wildman–Crippen MR) is 105 cm³/mol. The minimum Gasteiger partial charge on any atom is -0.496 e. The molecule has 7 nitrogen and oxygen atoms in total. The van der Waals surface area contributed by atoms with Crippen LogP contribution in [0.5, 0.6) is 5.75 Å². The molecule has 0 radical (unpaired) electrons. The van der Waals surface area contributed by atoms with Crippen molar-refractivity contribution in [1.82, 2.24) is 19.4 Å². The van der Waals surface area contributed by atoms with E-state index in [1.54, 1.807) is 25.3 Å². The van der Waals surface area contributed by atoms with Gasteiger partial charge in [0.25, 0.3) is 0 Å². The number of methoxy groups -OCH3 is 1. The maximum atomic E-state index is 12.9. The Bertz CT molecular complexity index is 851. The average Bonchev–Trinajstić information content (AvgIpc) is 3.01. The summed E-state index contributed by atoms with van der Waals surface area (Å²) >= 11 is 0. The summed E-state index contributed by atoms with van der Waals surface area (Å²) in [5.41, 5.74) is 2.35. The van der Waals surface area contributed by atoms with E-state index in [0.29, 0.717) is 29.4 Å². The molecule has 0 unspecified atom stereocenters. The molecule has 0 saturated carbocycles. The lowest BCUT2D eigenvalue weighted by Gasteiger charge is -2.34. The number of aryl methyl sites for hydroxylation is 3. The normalized spacial score (nSPS) is 16.6. The second kappa shape index (κ2) is 8.41. The number of aromatic amines is 1. The Hall–Kier alpha value is -1.90. The van der Waals surface area contributed by atoms with Crippen LogP contribution in [0.25, 0.3) is 0 Å². The number of benzene rings is 1. The molecule has 8 heteroatoms. The predicted octanol–water partition coefficient (Wildman–Crippen LogP) is 1.97. The van der Waals surface area contributed by atoms with Crippen molar-refractivity contribution < 1.29 is 13.2 Å². The number of sulfonamides is 1. The number of hydrogen-bond donors (Lipinski definition) is 1. The molecule has 148 valence electrons. The van der Waals surface area contributed by atoms with E-state index in [1.807, 2.05) is 18.2 Å². The summed E-state index contributed by atoms with van der Waals surface area (Å²) in [4.78, 5) is 2.66. The lowest BCUT2D eigenvalue weighted by molar-refractivity contribution is 0.186. The van der Waals surface area contributed by atoms with Gasteiger partial charge in [0, 0.05) is 26.2 Å². The number of para-hydroxylation sites is 1. The molecule has 0 spiro atoms. The fraction of sp³-hybridized carbons (Fsp3) is 0.526. The highest BCUT2D eigenvalue weighted by Gasteiger charge is 2.32. The highest BCUT2D eigenvalue weighted by Crippen LogP contribution is 2.23. The first-order valence-electron chi connectivity index (χ1n) is 9.29. The van der Waals surface area contributed by atoms with Crippen LogP contribution < -0.4 is 4.74 Å².